The maximum atomic E-state index is 6.20. The highest BCUT2D eigenvalue weighted by Crippen LogP contribution is 2.37. The molecular weight excluding hydrogens is 282 g/mol. The fraction of sp³-hybridized carbons (Fsp3) is 0.529. The summed E-state index contributed by atoms with van der Waals surface area (Å²) in [7, 11) is 0. The molecule has 1 saturated heterocycles. The van der Waals surface area contributed by atoms with Gasteiger partial charge in [0.15, 0.2) is 11.0 Å². The summed E-state index contributed by atoms with van der Waals surface area (Å²) in [6.07, 6.45) is 3.71. The number of piperidine rings is 1. The quantitative estimate of drug-likeness (QED) is 0.765. The lowest BCUT2D eigenvalue weighted by Gasteiger charge is -2.44. The van der Waals surface area contributed by atoms with E-state index in [9.17, 15) is 0 Å². The van der Waals surface area contributed by atoms with E-state index in [1.807, 2.05) is 18.2 Å². The van der Waals surface area contributed by atoms with Crippen molar-refractivity contribution < 1.29 is 0 Å². The molecule has 3 rings (SSSR count). The van der Waals surface area contributed by atoms with E-state index >= 15 is 0 Å². The van der Waals surface area contributed by atoms with Crippen molar-refractivity contribution in [3.05, 3.63) is 29.4 Å². The fourth-order valence-electron chi connectivity index (χ4n) is 3.35. The Hall–Kier alpha value is -1.35. The summed E-state index contributed by atoms with van der Waals surface area (Å²) >= 11 is 6.20. The van der Waals surface area contributed by atoms with E-state index in [1.54, 1.807) is 0 Å². The molecular formula is C17H22ClN3. The van der Waals surface area contributed by atoms with Crippen LogP contribution in [0.25, 0.3) is 10.8 Å². The third-order valence-electron chi connectivity index (χ3n) is 4.40. The normalized spacial score (nSPS) is 20.0. The molecule has 0 saturated carbocycles. The SMILES string of the molecule is CC(C)(C)C1CCCCN1c1nnc(Cl)c2ccccc12. The first-order valence-corrected chi connectivity index (χ1v) is 8.04. The van der Waals surface area contributed by atoms with Gasteiger partial charge in [0.1, 0.15) is 0 Å². The standard InChI is InChI=1S/C17H22ClN3/c1-17(2,3)14-10-6-7-11-21(14)16-13-9-5-4-8-12(13)15(18)19-20-16/h4-5,8-9,14H,6-7,10-11H2,1-3H3. The van der Waals surface area contributed by atoms with Gasteiger partial charge in [0.05, 0.1) is 0 Å². The first-order chi connectivity index (χ1) is 9.98. The minimum Gasteiger partial charge on any atom is -0.351 e. The first kappa shape index (κ1) is 14.6. The Bertz CT molecular complexity index is 648. The number of fused-ring (bicyclic) bond motifs is 1. The Labute approximate surface area is 131 Å². The Balaban J connectivity index is 2.12. The number of halogens is 1. The third kappa shape index (κ3) is 2.71. The lowest BCUT2D eigenvalue weighted by Crippen LogP contribution is -2.47. The zero-order valence-corrected chi connectivity index (χ0v) is 13.7. The van der Waals surface area contributed by atoms with Crippen molar-refractivity contribution in [2.45, 2.75) is 46.1 Å². The molecule has 0 N–H and O–H groups in total. The number of aromatic nitrogens is 2. The highest BCUT2D eigenvalue weighted by molar-refractivity contribution is 6.34. The molecule has 3 nitrogen and oxygen atoms in total. The average Bonchev–Trinajstić information content (AvgIpc) is 2.47. The van der Waals surface area contributed by atoms with Crippen LogP contribution < -0.4 is 4.90 Å². The van der Waals surface area contributed by atoms with E-state index in [1.165, 1.54) is 19.3 Å². The molecule has 1 atom stereocenters. The summed E-state index contributed by atoms with van der Waals surface area (Å²) in [6.45, 7) is 7.97. The van der Waals surface area contributed by atoms with E-state index in [4.69, 9.17) is 11.6 Å². The van der Waals surface area contributed by atoms with Crippen molar-refractivity contribution in [2.75, 3.05) is 11.4 Å². The molecule has 1 aromatic carbocycles. The average molecular weight is 304 g/mol. The van der Waals surface area contributed by atoms with Crippen molar-refractivity contribution in [3.8, 4) is 0 Å². The number of nitrogens with zero attached hydrogens (tertiary/aromatic N) is 3. The number of benzene rings is 1. The van der Waals surface area contributed by atoms with Crippen molar-refractivity contribution in [1.82, 2.24) is 10.2 Å². The summed E-state index contributed by atoms with van der Waals surface area (Å²) < 4.78 is 0. The zero-order valence-electron chi connectivity index (χ0n) is 12.9. The molecule has 1 fully saturated rings. The van der Waals surface area contributed by atoms with Gasteiger partial charge in [-0.15, -0.1) is 10.2 Å². The summed E-state index contributed by atoms with van der Waals surface area (Å²) in [4.78, 5) is 2.44. The Kier molecular flexibility index (Phi) is 3.78. The number of anilines is 1. The molecule has 1 unspecified atom stereocenters. The van der Waals surface area contributed by atoms with Gasteiger partial charge in [-0.05, 0) is 24.7 Å². The van der Waals surface area contributed by atoms with Gasteiger partial charge in [0, 0.05) is 23.4 Å². The van der Waals surface area contributed by atoms with Gasteiger partial charge in [0.25, 0.3) is 0 Å². The van der Waals surface area contributed by atoms with E-state index in [-0.39, 0.29) is 5.41 Å². The third-order valence-corrected chi connectivity index (χ3v) is 4.68. The summed E-state index contributed by atoms with van der Waals surface area (Å²) in [5.74, 6) is 0.981. The van der Waals surface area contributed by atoms with Crippen LogP contribution in [0, 0.1) is 5.41 Å². The van der Waals surface area contributed by atoms with E-state index in [0.29, 0.717) is 11.2 Å². The predicted molar refractivity (Wildman–Crippen MR) is 89.0 cm³/mol. The van der Waals surface area contributed by atoms with Gasteiger partial charge >= 0.3 is 0 Å². The smallest absolute Gasteiger partial charge is 0.159 e. The van der Waals surface area contributed by atoms with Crippen LogP contribution in [0.15, 0.2) is 24.3 Å². The molecule has 1 aliphatic heterocycles. The Morgan fingerprint density at radius 3 is 2.52 bits per heavy atom. The van der Waals surface area contributed by atoms with Gasteiger partial charge in [0.2, 0.25) is 0 Å². The van der Waals surface area contributed by atoms with Gasteiger partial charge in [-0.1, -0.05) is 56.6 Å². The van der Waals surface area contributed by atoms with Gasteiger partial charge < -0.3 is 4.90 Å². The van der Waals surface area contributed by atoms with Crippen molar-refractivity contribution >= 4 is 28.2 Å². The molecule has 4 heteroatoms. The van der Waals surface area contributed by atoms with Gasteiger partial charge in [-0.25, -0.2) is 0 Å². The second-order valence-electron chi connectivity index (χ2n) is 6.93. The summed E-state index contributed by atoms with van der Waals surface area (Å²) in [6, 6.07) is 8.65. The predicted octanol–water partition coefficient (Wildman–Crippen LogP) is 4.69. The lowest BCUT2D eigenvalue weighted by molar-refractivity contribution is 0.260. The molecule has 0 aliphatic carbocycles. The molecule has 0 amide bonds. The number of rotatable bonds is 1. The highest BCUT2D eigenvalue weighted by Gasteiger charge is 2.34. The van der Waals surface area contributed by atoms with Crippen LogP contribution in [0.5, 0.6) is 0 Å². The highest BCUT2D eigenvalue weighted by atomic mass is 35.5. The summed E-state index contributed by atoms with van der Waals surface area (Å²) in [5.41, 5.74) is 0.225. The van der Waals surface area contributed by atoms with Crippen molar-refractivity contribution in [2.24, 2.45) is 5.41 Å². The zero-order chi connectivity index (χ0) is 15.0. The van der Waals surface area contributed by atoms with Crippen molar-refractivity contribution in [3.63, 3.8) is 0 Å². The van der Waals surface area contributed by atoms with Crippen LogP contribution >= 0.6 is 11.6 Å². The van der Waals surface area contributed by atoms with Gasteiger partial charge in [-0.3, -0.25) is 0 Å². The van der Waals surface area contributed by atoms with Crippen LogP contribution in [0.3, 0.4) is 0 Å². The van der Waals surface area contributed by atoms with Crippen molar-refractivity contribution in [1.29, 1.82) is 0 Å². The molecule has 0 spiro atoms. The van der Waals surface area contributed by atoms with Crippen LogP contribution in [0.1, 0.15) is 40.0 Å². The minimum absolute atomic E-state index is 0.225. The Morgan fingerprint density at radius 1 is 1.10 bits per heavy atom. The second-order valence-corrected chi connectivity index (χ2v) is 7.29. The molecule has 0 bridgehead atoms. The molecule has 0 radical (unpaired) electrons. The number of hydrogen-bond donors (Lipinski definition) is 0. The maximum absolute atomic E-state index is 6.20. The van der Waals surface area contributed by atoms with Crippen LogP contribution in [-0.2, 0) is 0 Å². The van der Waals surface area contributed by atoms with Crippen LogP contribution in [0.4, 0.5) is 5.82 Å². The monoisotopic (exact) mass is 303 g/mol. The van der Waals surface area contributed by atoms with E-state index in [0.717, 1.165) is 23.1 Å². The molecule has 2 heterocycles. The molecule has 112 valence electrons. The lowest BCUT2D eigenvalue weighted by atomic mass is 9.80. The minimum atomic E-state index is 0.225. The topological polar surface area (TPSA) is 29.0 Å². The van der Waals surface area contributed by atoms with Crippen LogP contribution in [0.2, 0.25) is 5.15 Å². The van der Waals surface area contributed by atoms with E-state index < -0.39 is 0 Å². The number of hydrogen-bond acceptors (Lipinski definition) is 3. The van der Waals surface area contributed by atoms with E-state index in [2.05, 4.69) is 41.9 Å². The van der Waals surface area contributed by atoms with Crippen LogP contribution in [-0.4, -0.2) is 22.8 Å². The summed E-state index contributed by atoms with van der Waals surface area (Å²) in [5, 5.41) is 11.2. The van der Waals surface area contributed by atoms with Gasteiger partial charge in [-0.2, -0.15) is 0 Å². The fourth-order valence-corrected chi connectivity index (χ4v) is 3.56. The first-order valence-electron chi connectivity index (χ1n) is 7.66. The molecule has 21 heavy (non-hydrogen) atoms. The molecule has 1 aromatic heterocycles. The Morgan fingerprint density at radius 2 is 1.81 bits per heavy atom. The molecule has 1 aliphatic rings. The largest absolute Gasteiger partial charge is 0.351 e. The second kappa shape index (κ2) is 5.45. The molecule has 2 aromatic rings. The maximum Gasteiger partial charge on any atom is 0.159 e.